The summed E-state index contributed by atoms with van der Waals surface area (Å²) < 4.78 is 23.5. The molecule has 0 saturated heterocycles. The minimum absolute atomic E-state index is 0.0677. The highest BCUT2D eigenvalue weighted by atomic mass is 16.7. The first-order valence-corrected chi connectivity index (χ1v) is 16.4. The number of aromatic nitrogens is 2. The number of rotatable bonds is 15. The molecule has 1 aliphatic heterocycles. The maximum Gasteiger partial charge on any atom is 0.407 e. The highest BCUT2D eigenvalue weighted by molar-refractivity contribution is 6.20. The van der Waals surface area contributed by atoms with Crippen molar-refractivity contribution in [3.63, 3.8) is 0 Å². The van der Waals surface area contributed by atoms with Crippen LogP contribution in [-0.2, 0) is 41.6 Å². The van der Waals surface area contributed by atoms with E-state index in [0.29, 0.717) is 41.6 Å². The van der Waals surface area contributed by atoms with Gasteiger partial charge in [-0.3, -0.25) is 19.1 Å². The number of benzene rings is 2. The minimum atomic E-state index is -1.46. The molecule has 4 rings (SSSR count). The molecule has 1 aliphatic rings. The lowest BCUT2D eigenvalue weighted by molar-refractivity contribution is -0.193. The van der Waals surface area contributed by atoms with Crippen molar-refractivity contribution in [2.75, 3.05) is 19.8 Å². The summed E-state index contributed by atoms with van der Waals surface area (Å²) in [6, 6.07) is 13.1. The van der Waals surface area contributed by atoms with Gasteiger partial charge < -0.3 is 24.3 Å². The van der Waals surface area contributed by atoms with Crippen molar-refractivity contribution < 1.29 is 47.8 Å². The standard InChI is InChI=1S/C37H44N4O10/c1-8-20-47-31(42)21-29-28(22-40(39-29)19-11-18-38-35(46)50-37(5,6)7)24-14-16-25(17-15-24)48-23-30(34(45)49-36(2,3)4)51-41-32(43)26-12-9-10-13-27(26)33(41)44/h8-10,12-17,22,30H,1,11,18-21,23H2,2-7H3,(H,38,46). The molecule has 14 nitrogen and oxygen atoms in total. The molecule has 2 aromatic carbocycles. The fourth-order valence-corrected chi connectivity index (χ4v) is 4.83. The maximum absolute atomic E-state index is 13.1. The van der Waals surface area contributed by atoms with E-state index in [9.17, 15) is 24.0 Å². The lowest BCUT2D eigenvalue weighted by Crippen LogP contribution is -2.43. The monoisotopic (exact) mass is 704 g/mol. The number of alkyl carbamates (subject to hydrolysis) is 1. The van der Waals surface area contributed by atoms with E-state index in [1.54, 1.807) is 88.8 Å². The molecule has 1 atom stereocenters. The van der Waals surface area contributed by atoms with Crippen molar-refractivity contribution in [2.24, 2.45) is 0 Å². The molecule has 0 bridgehead atoms. The smallest absolute Gasteiger partial charge is 0.407 e. The van der Waals surface area contributed by atoms with E-state index in [0.717, 1.165) is 5.56 Å². The number of esters is 2. The number of nitrogens with zero attached hydrogens (tertiary/aromatic N) is 3. The number of ether oxygens (including phenoxy) is 4. The Balaban J connectivity index is 1.46. The molecule has 51 heavy (non-hydrogen) atoms. The van der Waals surface area contributed by atoms with Crippen LogP contribution in [0.25, 0.3) is 11.1 Å². The van der Waals surface area contributed by atoms with Crippen LogP contribution < -0.4 is 10.1 Å². The van der Waals surface area contributed by atoms with Gasteiger partial charge >= 0.3 is 18.0 Å². The quantitative estimate of drug-likeness (QED) is 0.0740. The van der Waals surface area contributed by atoms with Crippen LogP contribution >= 0.6 is 0 Å². The van der Waals surface area contributed by atoms with Gasteiger partial charge in [0.1, 0.15) is 30.2 Å². The number of hydrogen-bond acceptors (Lipinski definition) is 11. The number of amides is 3. The van der Waals surface area contributed by atoms with Gasteiger partial charge in [0.2, 0.25) is 6.10 Å². The zero-order chi connectivity index (χ0) is 37.3. The van der Waals surface area contributed by atoms with Crippen LogP contribution in [0, 0.1) is 0 Å². The largest absolute Gasteiger partial charge is 0.490 e. The third-order valence-corrected chi connectivity index (χ3v) is 6.97. The Morgan fingerprint density at radius 2 is 1.53 bits per heavy atom. The number of nitrogens with one attached hydrogen (secondary N) is 1. The topological polar surface area (TPSA) is 165 Å². The molecule has 1 aromatic heterocycles. The molecule has 0 spiro atoms. The Bertz CT molecular complexity index is 1720. The second-order valence-electron chi connectivity index (χ2n) is 13.6. The van der Waals surface area contributed by atoms with Crippen LogP contribution in [0.2, 0.25) is 0 Å². The number of aryl methyl sites for hydroxylation is 1. The molecule has 2 heterocycles. The molecule has 3 aromatic rings. The van der Waals surface area contributed by atoms with Gasteiger partial charge in [0.25, 0.3) is 11.8 Å². The summed E-state index contributed by atoms with van der Waals surface area (Å²) in [5, 5.41) is 7.88. The second-order valence-corrected chi connectivity index (χ2v) is 13.6. The summed E-state index contributed by atoms with van der Waals surface area (Å²) >= 11 is 0. The number of fused-ring (bicyclic) bond motifs is 1. The zero-order valence-corrected chi connectivity index (χ0v) is 29.7. The highest BCUT2D eigenvalue weighted by Crippen LogP contribution is 2.28. The van der Waals surface area contributed by atoms with Gasteiger partial charge in [0, 0.05) is 24.8 Å². The average Bonchev–Trinajstić information content (AvgIpc) is 3.56. The Hall–Kier alpha value is -5.50. The lowest BCUT2D eigenvalue weighted by atomic mass is 10.0. The molecule has 0 radical (unpaired) electrons. The third-order valence-electron chi connectivity index (χ3n) is 6.97. The van der Waals surface area contributed by atoms with Crippen molar-refractivity contribution in [2.45, 2.75) is 78.2 Å². The van der Waals surface area contributed by atoms with E-state index in [4.69, 9.17) is 23.8 Å². The summed E-state index contributed by atoms with van der Waals surface area (Å²) in [7, 11) is 0. The zero-order valence-electron chi connectivity index (χ0n) is 29.7. The van der Waals surface area contributed by atoms with E-state index in [1.165, 1.54) is 18.2 Å². The van der Waals surface area contributed by atoms with Gasteiger partial charge in [0.05, 0.1) is 23.2 Å². The third kappa shape index (κ3) is 11.0. The Kier molecular flexibility index (Phi) is 12.4. The Morgan fingerprint density at radius 3 is 2.12 bits per heavy atom. The minimum Gasteiger partial charge on any atom is -0.490 e. The summed E-state index contributed by atoms with van der Waals surface area (Å²) in [4.78, 5) is 69.1. The predicted molar refractivity (Wildman–Crippen MR) is 185 cm³/mol. The lowest BCUT2D eigenvalue weighted by Gasteiger charge is -2.26. The van der Waals surface area contributed by atoms with E-state index in [-0.39, 0.29) is 30.8 Å². The fraction of sp³-hybridized carbons (Fsp3) is 0.405. The van der Waals surface area contributed by atoms with Crippen LogP contribution in [0.3, 0.4) is 0 Å². The summed E-state index contributed by atoms with van der Waals surface area (Å²) in [5.74, 6) is -2.34. The number of carbonyl (C=O) groups excluding carboxylic acids is 5. The maximum atomic E-state index is 13.1. The van der Waals surface area contributed by atoms with Crippen molar-refractivity contribution in [1.29, 1.82) is 0 Å². The summed E-state index contributed by atoms with van der Waals surface area (Å²) in [6.07, 6.45) is 1.78. The van der Waals surface area contributed by atoms with Crippen LogP contribution in [0.4, 0.5) is 4.79 Å². The van der Waals surface area contributed by atoms with Crippen molar-refractivity contribution >= 4 is 29.8 Å². The molecular weight excluding hydrogens is 660 g/mol. The van der Waals surface area contributed by atoms with Crippen LogP contribution in [0.5, 0.6) is 5.75 Å². The number of imide groups is 1. The van der Waals surface area contributed by atoms with Gasteiger partial charge in [-0.25, -0.2) is 14.4 Å². The molecule has 3 amide bonds. The average molecular weight is 705 g/mol. The molecular formula is C37H44N4O10. The van der Waals surface area contributed by atoms with E-state index in [2.05, 4.69) is 17.0 Å². The SMILES string of the molecule is C=CCOC(=O)Cc1nn(CCCNC(=O)OC(C)(C)C)cc1-c1ccc(OCC(ON2C(=O)c3ccccc3C2=O)C(=O)OC(C)(C)C)cc1. The first-order valence-electron chi connectivity index (χ1n) is 16.4. The van der Waals surface area contributed by atoms with E-state index in [1.807, 2.05) is 0 Å². The summed E-state index contributed by atoms with van der Waals surface area (Å²) in [6.45, 7) is 14.5. The Morgan fingerprint density at radius 1 is 0.902 bits per heavy atom. The molecule has 1 unspecified atom stereocenters. The van der Waals surface area contributed by atoms with Crippen molar-refractivity contribution in [3.8, 4) is 16.9 Å². The molecule has 14 heteroatoms. The fourth-order valence-electron chi connectivity index (χ4n) is 4.83. The molecule has 0 fully saturated rings. The highest BCUT2D eigenvalue weighted by Gasteiger charge is 2.40. The number of hydroxylamine groups is 2. The van der Waals surface area contributed by atoms with Crippen molar-refractivity contribution in [3.05, 3.63) is 84.2 Å². The second kappa shape index (κ2) is 16.5. The normalized spacial score (nSPS) is 13.3. The van der Waals surface area contributed by atoms with Gasteiger partial charge in [0.15, 0.2) is 0 Å². The number of hydrogen-bond donors (Lipinski definition) is 1. The Labute approximate surface area is 296 Å². The molecule has 272 valence electrons. The predicted octanol–water partition coefficient (Wildman–Crippen LogP) is 5.05. The molecule has 0 aliphatic carbocycles. The van der Waals surface area contributed by atoms with Crippen molar-refractivity contribution in [1.82, 2.24) is 20.2 Å². The summed E-state index contributed by atoms with van der Waals surface area (Å²) in [5.41, 5.74) is 0.725. The van der Waals surface area contributed by atoms with E-state index < -0.39 is 47.2 Å². The van der Waals surface area contributed by atoms with Crippen LogP contribution in [0.15, 0.2) is 67.4 Å². The van der Waals surface area contributed by atoms with E-state index >= 15 is 0 Å². The molecule has 1 N–H and O–H groups in total. The van der Waals surface area contributed by atoms with Crippen LogP contribution in [-0.4, -0.2) is 81.8 Å². The van der Waals surface area contributed by atoms with Crippen LogP contribution in [0.1, 0.15) is 74.4 Å². The van der Waals surface area contributed by atoms with Gasteiger partial charge in [-0.2, -0.15) is 5.10 Å². The first-order chi connectivity index (χ1) is 24.0. The molecule has 0 saturated carbocycles. The number of carbonyl (C=O) groups is 5. The van der Waals surface area contributed by atoms with Gasteiger partial charge in [-0.15, -0.1) is 5.06 Å². The first kappa shape index (κ1) is 38.3. The van der Waals surface area contributed by atoms with Gasteiger partial charge in [-0.05, 0) is 77.8 Å². The van der Waals surface area contributed by atoms with Gasteiger partial charge in [-0.1, -0.05) is 36.9 Å².